The van der Waals surface area contributed by atoms with Gasteiger partial charge in [-0.2, -0.15) is 0 Å². The van der Waals surface area contributed by atoms with Crippen molar-refractivity contribution >= 4 is 28.6 Å². The Morgan fingerprint density at radius 3 is 2.61 bits per heavy atom. The van der Waals surface area contributed by atoms with Gasteiger partial charge in [-0.15, -0.1) is 0 Å². The van der Waals surface area contributed by atoms with Gasteiger partial charge in [0.15, 0.2) is 0 Å². The van der Waals surface area contributed by atoms with Crippen molar-refractivity contribution in [2.24, 2.45) is 0 Å². The first-order valence-electron chi connectivity index (χ1n) is 9.98. The van der Waals surface area contributed by atoms with Gasteiger partial charge >= 0.3 is 5.97 Å². The second-order valence-electron chi connectivity index (χ2n) is 7.13. The van der Waals surface area contributed by atoms with Gasteiger partial charge in [0.2, 0.25) is 0 Å². The lowest BCUT2D eigenvalue weighted by Crippen LogP contribution is -2.32. The summed E-state index contributed by atoms with van der Waals surface area (Å²) in [6.45, 7) is 3.90. The van der Waals surface area contributed by atoms with Crippen LogP contribution in [0.3, 0.4) is 0 Å². The van der Waals surface area contributed by atoms with Gasteiger partial charge in [-0.25, -0.2) is 4.98 Å². The summed E-state index contributed by atoms with van der Waals surface area (Å²) in [5.74, 6) is -1.01. The Bertz CT molecular complexity index is 1340. The number of aromatic nitrogens is 3. The second-order valence-corrected chi connectivity index (χ2v) is 7.13. The zero-order chi connectivity index (χ0) is 22.0. The number of esters is 1. The molecule has 0 fully saturated rings. The maximum atomic E-state index is 13.1. The van der Waals surface area contributed by atoms with E-state index in [2.05, 4.69) is 5.32 Å². The summed E-state index contributed by atoms with van der Waals surface area (Å²) in [4.78, 5) is 42.4. The number of hydrogen-bond donors (Lipinski definition) is 1. The minimum Gasteiger partial charge on any atom is -0.465 e. The van der Waals surface area contributed by atoms with E-state index in [1.807, 2.05) is 43.3 Å². The predicted molar refractivity (Wildman–Crippen MR) is 116 cm³/mol. The van der Waals surface area contributed by atoms with Gasteiger partial charge in [0.05, 0.1) is 12.0 Å². The molecule has 0 saturated heterocycles. The second kappa shape index (κ2) is 8.43. The lowest BCUT2D eigenvalue weighted by molar-refractivity contribution is -0.141. The molecule has 31 heavy (non-hydrogen) atoms. The minimum atomic E-state index is -0.527. The zero-order valence-corrected chi connectivity index (χ0v) is 17.3. The highest BCUT2D eigenvalue weighted by molar-refractivity contribution is 5.99. The van der Waals surface area contributed by atoms with E-state index in [1.165, 1.54) is 10.5 Å². The lowest BCUT2D eigenvalue weighted by Gasteiger charge is -2.11. The number of ether oxygens (including phenoxy) is 1. The maximum absolute atomic E-state index is 13.1. The summed E-state index contributed by atoms with van der Waals surface area (Å²) in [7, 11) is 0. The Hall–Kier alpha value is -3.94. The molecule has 8 heteroatoms. The Morgan fingerprint density at radius 1 is 1.10 bits per heavy atom. The molecule has 1 N–H and O–H groups in total. The van der Waals surface area contributed by atoms with Crippen LogP contribution in [0.15, 0.2) is 59.5 Å². The molecular weight excluding hydrogens is 396 g/mol. The monoisotopic (exact) mass is 418 g/mol. The van der Waals surface area contributed by atoms with Crippen LogP contribution in [0.4, 0.5) is 0 Å². The van der Waals surface area contributed by atoms with Gasteiger partial charge in [-0.3, -0.25) is 18.8 Å². The van der Waals surface area contributed by atoms with E-state index in [-0.39, 0.29) is 24.4 Å². The van der Waals surface area contributed by atoms with Crippen LogP contribution in [0, 0.1) is 6.92 Å². The highest BCUT2D eigenvalue weighted by Crippen LogP contribution is 2.19. The number of benzene rings is 1. The molecule has 0 aliphatic carbocycles. The van der Waals surface area contributed by atoms with Gasteiger partial charge in [0.1, 0.15) is 23.5 Å². The van der Waals surface area contributed by atoms with E-state index in [9.17, 15) is 14.4 Å². The number of pyridine rings is 1. The van der Waals surface area contributed by atoms with Crippen molar-refractivity contribution in [3.05, 3.63) is 81.9 Å². The third-order valence-corrected chi connectivity index (χ3v) is 5.01. The smallest absolute Gasteiger partial charge is 0.325 e. The molecule has 1 aromatic carbocycles. The van der Waals surface area contributed by atoms with E-state index in [4.69, 9.17) is 9.72 Å². The summed E-state index contributed by atoms with van der Waals surface area (Å²) in [6, 6.07) is 14.8. The first-order valence-corrected chi connectivity index (χ1v) is 9.98. The molecule has 0 aliphatic heterocycles. The van der Waals surface area contributed by atoms with Crippen molar-refractivity contribution in [3.8, 4) is 0 Å². The molecule has 0 unspecified atom stereocenters. The first kappa shape index (κ1) is 20.3. The first-order chi connectivity index (χ1) is 15.0. The molecule has 0 atom stereocenters. The number of amides is 1. The van der Waals surface area contributed by atoms with Crippen LogP contribution in [-0.4, -0.2) is 39.0 Å². The van der Waals surface area contributed by atoms with Crippen LogP contribution in [0.1, 0.15) is 28.5 Å². The van der Waals surface area contributed by atoms with Gasteiger partial charge in [0.25, 0.3) is 11.5 Å². The molecular formula is C23H22N4O4. The van der Waals surface area contributed by atoms with E-state index in [1.54, 1.807) is 23.8 Å². The number of aryl methyl sites for hydroxylation is 1. The molecule has 3 heterocycles. The molecule has 1 amide bonds. The van der Waals surface area contributed by atoms with E-state index < -0.39 is 11.9 Å². The van der Waals surface area contributed by atoms with Crippen LogP contribution < -0.4 is 10.9 Å². The molecule has 0 spiro atoms. The largest absolute Gasteiger partial charge is 0.465 e. The van der Waals surface area contributed by atoms with Crippen molar-refractivity contribution in [2.45, 2.75) is 20.4 Å². The molecule has 8 nitrogen and oxygen atoms in total. The zero-order valence-electron chi connectivity index (χ0n) is 17.3. The fourth-order valence-electron chi connectivity index (χ4n) is 3.53. The molecule has 4 aromatic rings. The SMILES string of the molecule is CCOC(=O)CNC(=O)c1cc2c(=O)n3cccc(C)c3nc2n1Cc1ccccc1. The average Bonchev–Trinajstić information content (AvgIpc) is 3.13. The fraction of sp³-hybridized carbons (Fsp3) is 0.217. The quantitative estimate of drug-likeness (QED) is 0.485. The third-order valence-electron chi connectivity index (χ3n) is 5.01. The minimum absolute atomic E-state index is 0.232. The van der Waals surface area contributed by atoms with Crippen LogP contribution in [0.2, 0.25) is 0 Å². The van der Waals surface area contributed by atoms with E-state index in [0.717, 1.165) is 11.1 Å². The standard InChI is InChI=1S/C23H22N4O4/c1-3-31-19(28)13-24-22(29)18-12-17-21(27(18)14-16-9-5-4-6-10-16)25-20-15(2)8-7-11-26(20)23(17)30/h4-12H,3,13-14H2,1-2H3,(H,24,29). The maximum Gasteiger partial charge on any atom is 0.325 e. The fourth-order valence-corrected chi connectivity index (χ4v) is 3.53. The van der Waals surface area contributed by atoms with Crippen molar-refractivity contribution < 1.29 is 14.3 Å². The van der Waals surface area contributed by atoms with Crippen LogP contribution >= 0.6 is 0 Å². The highest BCUT2D eigenvalue weighted by Gasteiger charge is 2.21. The molecule has 0 aliphatic rings. The molecule has 158 valence electrons. The lowest BCUT2D eigenvalue weighted by atomic mass is 10.2. The number of rotatable bonds is 6. The van der Waals surface area contributed by atoms with Gasteiger partial charge < -0.3 is 14.6 Å². The summed E-state index contributed by atoms with van der Waals surface area (Å²) in [5, 5.41) is 2.91. The van der Waals surface area contributed by atoms with Crippen LogP contribution in [0.5, 0.6) is 0 Å². The number of hydrogen-bond acceptors (Lipinski definition) is 5. The third kappa shape index (κ3) is 3.92. The van der Waals surface area contributed by atoms with Crippen molar-refractivity contribution in [3.63, 3.8) is 0 Å². The Balaban J connectivity index is 1.86. The van der Waals surface area contributed by atoms with Gasteiger partial charge in [-0.1, -0.05) is 36.4 Å². The number of nitrogens with zero attached hydrogens (tertiary/aromatic N) is 3. The molecule has 4 rings (SSSR count). The Morgan fingerprint density at radius 2 is 1.87 bits per heavy atom. The summed E-state index contributed by atoms with van der Waals surface area (Å²) in [5.41, 5.74) is 2.75. The number of nitrogens with one attached hydrogen (secondary N) is 1. The Kier molecular flexibility index (Phi) is 5.53. The molecule has 3 aromatic heterocycles. The number of fused-ring (bicyclic) bond motifs is 2. The molecule has 0 bridgehead atoms. The van der Waals surface area contributed by atoms with Gasteiger partial charge in [-0.05, 0) is 37.1 Å². The summed E-state index contributed by atoms with van der Waals surface area (Å²) >= 11 is 0. The van der Waals surface area contributed by atoms with Crippen LogP contribution in [-0.2, 0) is 16.1 Å². The summed E-state index contributed by atoms with van der Waals surface area (Å²) < 4.78 is 8.06. The van der Waals surface area contributed by atoms with Crippen molar-refractivity contribution in [2.75, 3.05) is 13.2 Å². The van der Waals surface area contributed by atoms with E-state index in [0.29, 0.717) is 23.2 Å². The number of carbonyl (C=O) groups excluding carboxylic acids is 2. The van der Waals surface area contributed by atoms with E-state index >= 15 is 0 Å². The van der Waals surface area contributed by atoms with Gasteiger partial charge in [0, 0.05) is 12.7 Å². The Labute approximate surface area is 178 Å². The topological polar surface area (TPSA) is 94.7 Å². The number of carbonyl (C=O) groups is 2. The predicted octanol–water partition coefficient (Wildman–Crippen LogP) is 2.30. The van der Waals surface area contributed by atoms with Crippen molar-refractivity contribution in [1.29, 1.82) is 0 Å². The average molecular weight is 418 g/mol. The molecule has 0 saturated carbocycles. The molecule has 0 radical (unpaired) electrons. The normalized spacial score (nSPS) is 11.0. The summed E-state index contributed by atoms with van der Waals surface area (Å²) in [6.07, 6.45) is 1.66. The van der Waals surface area contributed by atoms with Crippen molar-refractivity contribution in [1.82, 2.24) is 19.3 Å². The highest BCUT2D eigenvalue weighted by atomic mass is 16.5. The van der Waals surface area contributed by atoms with Crippen LogP contribution in [0.25, 0.3) is 16.7 Å².